The van der Waals surface area contributed by atoms with E-state index in [1.54, 1.807) is 26.8 Å². The maximum absolute atomic E-state index is 14.1. The number of alkyl halides is 2. The van der Waals surface area contributed by atoms with Gasteiger partial charge in [-0.1, -0.05) is 6.92 Å². The van der Waals surface area contributed by atoms with E-state index < -0.39 is 36.2 Å². The van der Waals surface area contributed by atoms with E-state index in [9.17, 15) is 22.8 Å². The summed E-state index contributed by atoms with van der Waals surface area (Å²) in [6, 6.07) is 3.41. The zero-order valence-corrected chi connectivity index (χ0v) is 17.1. The van der Waals surface area contributed by atoms with Gasteiger partial charge in [0, 0.05) is 30.8 Å². The van der Waals surface area contributed by atoms with E-state index in [1.165, 1.54) is 12.3 Å². The van der Waals surface area contributed by atoms with Gasteiger partial charge in [0.2, 0.25) is 5.91 Å². The van der Waals surface area contributed by atoms with E-state index in [4.69, 9.17) is 0 Å². The van der Waals surface area contributed by atoms with Crippen molar-refractivity contribution in [1.82, 2.24) is 15.3 Å². The summed E-state index contributed by atoms with van der Waals surface area (Å²) in [6.45, 7) is 4.64. The van der Waals surface area contributed by atoms with Crippen molar-refractivity contribution >= 4 is 17.6 Å². The lowest BCUT2D eigenvalue weighted by molar-refractivity contribution is -0.115. The number of aromatic nitrogens is 2. The summed E-state index contributed by atoms with van der Waals surface area (Å²) in [4.78, 5) is 32.0. The molecule has 7 nitrogen and oxygen atoms in total. The van der Waals surface area contributed by atoms with Gasteiger partial charge in [-0.15, -0.1) is 0 Å². The average molecular weight is 424 g/mol. The topological polar surface area (TPSA) is 93.2 Å². The van der Waals surface area contributed by atoms with Crippen molar-refractivity contribution in [3.05, 3.63) is 47.0 Å². The predicted octanol–water partition coefficient (Wildman–Crippen LogP) is 3.80. The van der Waals surface area contributed by atoms with Gasteiger partial charge in [0.25, 0.3) is 17.7 Å². The van der Waals surface area contributed by atoms with Crippen molar-refractivity contribution in [2.75, 3.05) is 11.9 Å². The molecule has 1 unspecified atom stereocenters. The summed E-state index contributed by atoms with van der Waals surface area (Å²) in [6.07, 6.45) is 1.50. The number of halogens is 3. The molecule has 0 radical (unpaired) electrons. The fourth-order valence-corrected chi connectivity index (χ4v) is 2.44. The molecule has 162 valence electrons. The van der Waals surface area contributed by atoms with E-state index >= 15 is 0 Å². The quantitative estimate of drug-likeness (QED) is 0.673. The normalized spacial score (nSPS) is 12.2. The van der Waals surface area contributed by atoms with Gasteiger partial charge < -0.3 is 15.4 Å². The molecule has 30 heavy (non-hydrogen) atoms. The second kappa shape index (κ2) is 9.55. The summed E-state index contributed by atoms with van der Waals surface area (Å²) >= 11 is 0. The highest BCUT2D eigenvalue weighted by Gasteiger charge is 2.24. The van der Waals surface area contributed by atoms with Gasteiger partial charge in [0.1, 0.15) is 5.82 Å². The van der Waals surface area contributed by atoms with Gasteiger partial charge in [0.15, 0.2) is 12.4 Å². The van der Waals surface area contributed by atoms with E-state index in [2.05, 4.69) is 25.3 Å². The van der Waals surface area contributed by atoms with Gasteiger partial charge in [-0.25, -0.2) is 23.1 Å². The Bertz CT molecular complexity index is 932. The maximum Gasteiger partial charge on any atom is 0.278 e. The number of amides is 2. The minimum atomic E-state index is -3.12. The van der Waals surface area contributed by atoms with Gasteiger partial charge in [-0.2, -0.15) is 0 Å². The molecule has 2 aromatic rings. The van der Waals surface area contributed by atoms with Crippen molar-refractivity contribution in [2.45, 2.75) is 46.1 Å². The molecule has 2 aromatic heterocycles. The first-order valence-corrected chi connectivity index (χ1v) is 9.24. The van der Waals surface area contributed by atoms with Gasteiger partial charge in [-0.3, -0.25) is 9.59 Å². The molecule has 2 N–H and O–H groups in total. The number of aryl methyl sites for hydroxylation is 1. The number of pyridine rings is 2. The number of nitrogens with zero attached hydrogens (tertiary/aromatic N) is 2. The van der Waals surface area contributed by atoms with Gasteiger partial charge in [0.05, 0.1) is 6.04 Å². The Morgan fingerprint density at radius 3 is 2.57 bits per heavy atom. The maximum atomic E-state index is 14.1. The van der Waals surface area contributed by atoms with E-state index in [0.29, 0.717) is 18.2 Å². The van der Waals surface area contributed by atoms with Crippen LogP contribution in [0.25, 0.3) is 0 Å². The van der Waals surface area contributed by atoms with Crippen LogP contribution < -0.4 is 15.4 Å². The number of carbonyl (C=O) groups excluding carboxylic acids is 2. The number of anilines is 1. The Morgan fingerprint density at radius 1 is 1.27 bits per heavy atom. The monoisotopic (exact) mass is 424 g/mol. The SMILES string of the molecule is CCC(=O)Nc1cc(C(=O)NC(C)c2cnc(OCC(C)(F)F)c(F)c2)cc(C)n1. The van der Waals surface area contributed by atoms with Crippen LogP contribution >= 0.6 is 0 Å². The fraction of sp³-hybridized carbons (Fsp3) is 0.400. The highest BCUT2D eigenvalue weighted by Crippen LogP contribution is 2.22. The number of hydrogen-bond donors (Lipinski definition) is 2. The molecule has 0 aliphatic carbocycles. The molecular weight excluding hydrogens is 401 g/mol. The molecule has 0 aliphatic rings. The van der Waals surface area contributed by atoms with Crippen molar-refractivity contribution in [3.8, 4) is 5.88 Å². The smallest absolute Gasteiger partial charge is 0.278 e. The number of nitrogens with one attached hydrogen (secondary N) is 2. The summed E-state index contributed by atoms with van der Waals surface area (Å²) in [5.74, 6) is -5.03. The van der Waals surface area contributed by atoms with Crippen LogP contribution in [0.5, 0.6) is 5.88 Å². The number of ether oxygens (including phenoxy) is 1. The molecule has 0 spiro atoms. The molecule has 1 atom stereocenters. The first-order chi connectivity index (χ1) is 14.0. The minimum absolute atomic E-state index is 0.238. The van der Waals surface area contributed by atoms with E-state index in [-0.39, 0.29) is 23.7 Å². The Kier molecular flexibility index (Phi) is 7.36. The first kappa shape index (κ1) is 23.1. The third-order valence-corrected chi connectivity index (χ3v) is 3.94. The molecule has 0 aliphatic heterocycles. The standard InChI is InChI=1S/C20H23F3N4O3/c1-5-17(28)27-16-8-13(6-11(2)25-16)18(29)26-12(3)14-7-15(21)19(24-9-14)30-10-20(4,22)23/h6-9,12H,5,10H2,1-4H3,(H,26,29)(H,25,27,28). The van der Waals surface area contributed by atoms with Crippen LogP contribution in [0, 0.1) is 12.7 Å². The Morgan fingerprint density at radius 2 is 1.97 bits per heavy atom. The van der Waals surface area contributed by atoms with Crippen molar-refractivity contribution in [3.63, 3.8) is 0 Å². The van der Waals surface area contributed by atoms with Gasteiger partial charge >= 0.3 is 0 Å². The second-order valence-corrected chi connectivity index (χ2v) is 6.89. The highest BCUT2D eigenvalue weighted by molar-refractivity contribution is 5.96. The Labute approximate surface area is 172 Å². The molecule has 0 saturated heterocycles. The average Bonchev–Trinajstić information content (AvgIpc) is 2.65. The molecule has 0 bridgehead atoms. The molecule has 2 heterocycles. The van der Waals surface area contributed by atoms with Crippen molar-refractivity contribution in [2.24, 2.45) is 0 Å². The summed E-state index contributed by atoms with van der Waals surface area (Å²) in [5, 5.41) is 5.28. The second-order valence-electron chi connectivity index (χ2n) is 6.89. The molecule has 0 aromatic carbocycles. The zero-order chi connectivity index (χ0) is 22.5. The summed E-state index contributed by atoms with van der Waals surface area (Å²) in [5.41, 5.74) is 1.12. The lowest BCUT2D eigenvalue weighted by atomic mass is 10.1. The van der Waals surface area contributed by atoms with Crippen molar-refractivity contribution < 1.29 is 27.5 Å². The molecule has 10 heteroatoms. The van der Waals surface area contributed by atoms with Crippen LogP contribution in [-0.2, 0) is 4.79 Å². The van der Waals surface area contributed by atoms with Crippen LogP contribution in [0.1, 0.15) is 54.8 Å². The third kappa shape index (κ3) is 6.71. The van der Waals surface area contributed by atoms with Crippen molar-refractivity contribution in [1.29, 1.82) is 0 Å². The minimum Gasteiger partial charge on any atom is -0.469 e. The van der Waals surface area contributed by atoms with E-state index in [1.807, 2.05) is 0 Å². The molecule has 0 saturated carbocycles. The van der Waals surface area contributed by atoms with Crippen LogP contribution in [0.2, 0.25) is 0 Å². The number of hydrogen-bond acceptors (Lipinski definition) is 5. The van der Waals surface area contributed by atoms with Crippen LogP contribution in [0.3, 0.4) is 0 Å². The number of rotatable bonds is 8. The molecule has 2 amide bonds. The van der Waals surface area contributed by atoms with Gasteiger partial charge in [-0.05, 0) is 37.6 Å². The Balaban J connectivity index is 2.10. The molecule has 0 fully saturated rings. The van der Waals surface area contributed by atoms with E-state index in [0.717, 1.165) is 6.07 Å². The van der Waals surface area contributed by atoms with Crippen LogP contribution in [0.4, 0.5) is 19.0 Å². The lowest BCUT2D eigenvalue weighted by Gasteiger charge is -2.16. The summed E-state index contributed by atoms with van der Waals surface area (Å²) in [7, 11) is 0. The number of carbonyl (C=O) groups is 2. The summed E-state index contributed by atoms with van der Waals surface area (Å²) < 4.78 is 44.5. The zero-order valence-electron chi connectivity index (χ0n) is 17.1. The van der Waals surface area contributed by atoms with Crippen LogP contribution in [0.15, 0.2) is 24.4 Å². The largest absolute Gasteiger partial charge is 0.469 e. The Hall–Kier alpha value is -3.17. The highest BCUT2D eigenvalue weighted by atomic mass is 19.3. The van der Waals surface area contributed by atoms with Crippen LogP contribution in [-0.4, -0.2) is 34.3 Å². The predicted molar refractivity (Wildman–Crippen MR) is 104 cm³/mol. The first-order valence-electron chi connectivity index (χ1n) is 9.24. The fourth-order valence-electron chi connectivity index (χ4n) is 2.44. The lowest BCUT2D eigenvalue weighted by Crippen LogP contribution is -2.27. The molecular formula is C20H23F3N4O3. The third-order valence-electron chi connectivity index (χ3n) is 3.94. The molecule has 2 rings (SSSR count).